The van der Waals surface area contributed by atoms with Crippen LogP contribution in [0.1, 0.15) is 64.0 Å². The lowest BCUT2D eigenvalue weighted by Gasteiger charge is -2.21. The molecule has 3 nitrogen and oxygen atoms in total. The van der Waals surface area contributed by atoms with Crippen molar-refractivity contribution in [3.05, 3.63) is 35.4 Å². The van der Waals surface area contributed by atoms with Crippen molar-refractivity contribution in [1.82, 2.24) is 4.90 Å². The summed E-state index contributed by atoms with van der Waals surface area (Å²) in [5.41, 5.74) is 2.89. The molecular weight excluding hydrogens is 310 g/mol. The number of benzene rings is 1. The minimum absolute atomic E-state index is 0.196. The summed E-state index contributed by atoms with van der Waals surface area (Å²) >= 11 is 0. The largest absolute Gasteiger partial charge is 0.384 e. The quantitative estimate of drug-likeness (QED) is 0.755. The number of amides is 1. The standard InChI is InChI=1S/C22H35NO2/c1-22(2,3)20-12-10-18(11-13-20)7-5-9-21(24)23-15-6-8-19(14-16-23)17-25-4/h10-13,19H,5-9,14-17H2,1-4H3. The second kappa shape index (κ2) is 9.38. The molecular formula is C22H35NO2. The lowest BCUT2D eigenvalue weighted by molar-refractivity contribution is -0.131. The first-order valence-electron chi connectivity index (χ1n) is 9.76. The van der Waals surface area contributed by atoms with Crippen LogP contribution in [0.4, 0.5) is 0 Å². The Balaban J connectivity index is 1.75. The summed E-state index contributed by atoms with van der Waals surface area (Å²) in [4.78, 5) is 14.6. The van der Waals surface area contributed by atoms with Gasteiger partial charge >= 0.3 is 0 Å². The molecule has 140 valence electrons. The van der Waals surface area contributed by atoms with Crippen molar-refractivity contribution in [2.24, 2.45) is 5.92 Å². The molecule has 0 N–H and O–H groups in total. The molecule has 1 unspecified atom stereocenters. The second-order valence-electron chi connectivity index (χ2n) is 8.43. The summed E-state index contributed by atoms with van der Waals surface area (Å²) in [6, 6.07) is 8.88. The van der Waals surface area contributed by atoms with Crippen molar-refractivity contribution in [3.8, 4) is 0 Å². The predicted octanol–water partition coefficient (Wildman–Crippen LogP) is 4.58. The monoisotopic (exact) mass is 345 g/mol. The van der Waals surface area contributed by atoms with Crippen molar-refractivity contribution in [2.45, 2.75) is 64.7 Å². The van der Waals surface area contributed by atoms with Crippen molar-refractivity contribution in [1.29, 1.82) is 0 Å². The highest BCUT2D eigenvalue weighted by Gasteiger charge is 2.20. The van der Waals surface area contributed by atoms with E-state index in [9.17, 15) is 4.79 Å². The summed E-state index contributed by atoms with van der Waals surface area (Å²) in [6.07, 6.45) is 5.94. The molecule has 1 heterocycles. The molecule has 0 bridgehead atoms. The van der Waals surface area contributed by atoms with Crippen LogP contribution in [0.25, 0.3) is 0 Å². The van der Waals surface area contributed by atoms with E-state index in [1.54, 1.807) is 7.11 Å². The first kappa shape index (κ1) is 20.0. The molecule has 0 saturated carbocycles. The van der Waals surface area contributed by atoms with Gasteiger partial charge in [-0.3, -0.25) is 4.79 Å². The Labute approximate surface area is 153 Å². The number of carbonyl (C=O) groups excluding carboxylic acids is 1. The van der Waals surface area contributed by atoms with Gasteiger partial charge in [0.25, 0.3) is 0 Å². The zero-order valence-electron chi connectivity index (χ0n) is 16.5. The zero-order valence-corrected chi connectivity index (χ0v) is 16.5. The van der Waals surface area contributed by atoms with Crippen molar-refractivity contribution >= 4 is 5.91 Å². The van der Waals surface area contributed by atoms with Gasteiger partial charge in [-0.05, 0) is 54.6 Å². The summed E-state index contributed by atoms with van der Waals surface area (Å²) in [7, 11) is 1.77. The molecule has 1 aliphatic rings. The molecule has 0 radical (unpaired) electrons. The van der Waals surface area contributed by atoms with E-state index in [0.717, 1.165) is 45.4 Å². The Morgan fingerprint density at radius 2 is 1.88 bits per heavy atom. The van der Waals surface area contributed by atoms with E-state index >= 15 is 0 Å². The number of nitrogens with zero attached hydrogens (tertiary/aromatic N) is 1. The van der Waals surface area contributed by atoms with Crippen LogP contribution in [-0.2, 0) is 21.4 Å². The topological polar surface area (TPSA) is 29.5 Å². The van der Waals surface area contributed by atoms with E-state index in [2.05, 4.69) is 49.9 Å². The van der Waals surface area contributed by atoms with Gasteiger partial charge in [0.1, 0.15) is 0 Å². The first-order chi connectivity index (χ1) is 11.9. The number of hydrogen-bond donors (Lipinski definition) is 0. The van der Waals surface area contributed by atoms with Gasteiger partial charge in [0.15, 0.2) is 0 Å². The maximum Gasteiger partial charge on any atom is 0.222 e. The molecule has 1 aromatic rings. The zero-order chi connectivity index (χ0) is 18.3. The fourth-order valence-corrected chi connectivity index (χ4v) is 3.59. The molecule has 3 heteroatoms. The van der Waals surface area contributed by atoms with Gasteiger partial charge in [0.05, 0.1) is 0 Å². The fourth-order valence-electron chi connectivity index (χ4n) is 3.59. The molecule has 0 spiro atoms. The van der Waals surface area contributed by atoms with Crippen LogP contribution in [0.15, 0.2) is 24.3 Å². The van der Waals surface area contributed by atoms with Gasteiger partial charge in [-0.25, -0.2) is 0 Å². The normalized spacial score (nSPS) is 18.9. The van der Waals surface area contributed by atoms with Gasteiger partial charge in [-0.2, -0.15) is 0 Å². The van der Waals surface area contributed by atoms with E-state index in [4.69, 9.17) is 4.74 Å². The van der Waals surface area contributed by atoms with E-state index in [1.807, 2.05) is 0 Å². The average molecular weight is 346 g/mol. The molecule has 1 saturated heterocycles. The smallest absolute Gasteiger partial charge is 0.222 e. The number of carbonyl (C=O) groups is 1. The van der Waals surface area contributed by atoms with E-state index in [-0.39, 0.29) is 5.41 Å². The minimum atomic E-state index is 0.196. The van der Waals surface area contributed by atoms with Gasteiger partial charge < -0.3 is 9.64 Å². The number of aryl methyl sites for hydroxylation is 1. The van der Waals surface area contributed by atoms with Gasteiger partial charge in [-0.1, -0.05) is 45.0 Å². The summed E-state index contributed by atoms with van der Waals surface area (Å²) < 4.78 is 5.27. The Hall–Kier alpha value is -1.35. The number of rotatable bonds is 6. The molecule has 0 aliphatic carbocycles. The maximum atomic E-state index is 12.5. The number of methoxy groups -OCH3 is 1. The third-order valence-electron chi connectivity index (χ3n) is 5.28. The minimum Gasteiger partial charge on any atom is -0.384 e. The van der Waals surface area contributed by atoms with Gasteiger partial charge in [0, 0.05) is 33.2 Å². The molecule has 2 rings (SSSR count). The number of ether oxygens (including phenoxy) is 1. The molecule has 0 aromatic heterocycles. The van der Waals surface area contributed by atoms with Crippen LogP contribution in [-0.4, -0.2) is 37.6 Å². The Morgan fingerprint density at radius 1 is 1.16 bits per heavy atom. The van der Waals surface area contributed by atoms with Crippen LogP contribution < -0.4 is 0 Å². The van der Waals surface area contributed by atoms with Crippen LogP contribution in [0.5, 0.6) is 0 Å². The van der Waals surface area contributed by atoms with E-state index in [0.29, 0.717) is 18.2 Å². The summed E-state index contributed by atoms with van der Waals surface area (Å²) in [5.74, 6) is 0.938. The first-order valence-corrected chi connectivity index (χ1v) is 9.76. The lowest BCUT2D eigenvalue weighted by Crippen LogP contribution is -2.32. The predicted molar refractivity (Wildman–Crippen MR) is 104 cm³/mol. The highest BCUT2D eigenvalue weighted by atomic mass is 16.5. The highest BCUT2D eigenvalue weighted by Crippen LogP contribution is 2.23. The number of likely N-dealkylation sites (tertiary alicyclic amines) is 1. The van der Waals surface area contributed by atoms with E-state index < -0.39 is 0 Å². The summed E-state index contributed by atoms with van der Waals surface area (Å²) in [6.45, 7) is 9.34. The third-order valence-corrected chi connectivity index (χ3v) is 5.28. The van der Waals surface area contributed by atoms with Crippen LogP contribution >= 0.6 is 0 Å². The Kier molecular flexibility index (Phi) is 7.49. The second-order valence-corrected chi connectivity index (χ2v) is 8.43. The highest BCUT2D eigenvalue weighted by molar-refractivity contribution is 5.76. The Bertz CT molecular complexity index is 530. The van der Waals surface area contributed by atoms with Crippen molar-refractivity contribution in [2.75, 3.05) is 26.8 Å². The molecule has 1 amide bonds. The average Bonchev–Trinajstić information content (AvgIpc) is 2.80. The number of hydrogen-bond acceptors (Lipinski definition) is 2. The molecule has 1 aliphatic heterocycles. The van der Waals surface area contributed by atoms with Crippen molar-refractivity contribution in [3.63, 3.8) is 0 Å². The van der Waals surface area contributed by atoms with Crippen LogP contribution in [0.3, 0.4) is 0 Å². The molecule has 1 atom stereocenters. The lowest BCUT2D eigenvalue weighted by atomic mass is 9.86. The van der Waals surface area contributed by atoms with Crippen LogP contribution in [0.2, 0.25) is 0 Å². The van der Waals surface area contributed by atoms with E-state index in [1.165, 1.54) is 17.5 Å². The van der Waals surface area contributed by atoms with Crippen molar-refractivity contribution < 1.29 is 9.53 Å². The molecule has 25 heavy (non-hydrogen) atoms. The maximum absolute atomic E-state index is 12.5. The van der Waals surface area contributed by atoms with Gasteiger partial charge in [0.2, 0.25) is 5.91 Å². The molecule has 1 fully saturated rings. The van der Waals surface area contributed by atoms with Crippen LogP contribution in [0, 0.1) is 5.92 Å². The van der Waals surface area contributed by atoms with Gasteiger partial charge in [-0.15, -0.1) is 0 Å². The Morgan fingerprint density at radius 3 is 2.52 bits per heavy atom. The summed E-state index contributed by atoms with van der Waals surface area (Å²) in [5, 5.41) is 0. The fraction of sp³-hybridized carbons (Fsp3) is 0.682. The SMILES string of the molecule is COCC1CCCN(C(=O)CCCc2ccc(C(C)(C)C)cc2)CC1. The third kappa shape index (κ3) is 6.47. The molecule has 1 aromatic carbocycles.